The maximum absolute atomic E-state index is 11.6. The van der Waals surface area contributed by atoms with Crippen LogP contribution in [0.15, 0.2) is 23.2 Å². The lowest BCUT2D eigenvalue weighted by Gasteiger charge is -2.16. The number of nitrogen functional groups attached to an aromatic ring is 1. The summed E-state index contributed by atoms with van der Waals surface area (Å²) in [5.74, 6) is 1.45. The Morgan fingerprint density at radius 3 is 2.61 bits per heavy atom. The van der Waals surface area contributed by atoms with Crippen molar-refractivity contribution in [2.75, 3.05) is 12.3 Å². The predicted molar refractivity (Wildman–Crippen MR) is 74.2 cm³/mol. The lowest BCUT2D eigenvalue weighted by molar-refractivity contribution is 0.0934. The lowest BCUT2D eigenvalue weighted by atomic mass is 9.94. The molecule has 0 aliphatic carbocycles. The van der Waals surface area contributed by atoms with E-state index in [-0.39, 0.29) is 5.91 Å². The van der Waals surface area contributed by atoms with E-state index in [1.165, 1.54) is 11.5 Å². The summed E-state index contributed by atoms with van der Waals surface area (Å²) in [4.78, 5) is 16.1. The molecule has 1 unspecified atom stereocenters. The Morgan fingerprint density at radius 1 is 1.44 bits per heavy atom. The quantitative estimate of drug-likeness (QED) is 0.890. The average molecular weight is 249 g/mol. The van der Waals surface area contributed by atoms with Gasteiger partial charge in [0.15, 0.2) is 0 Å². The second kappa shape index (κ2) is 6.38. The summed E-state index contributed by atoms with van der Waals surface area (Å²) in [5, 5.41) is 0. The summed E-state index contributed by atoms with van der Waals surface area (Å²) < 4.78 is 1.45. The fourth-order valence-corrected chi connectivity index (χ4v) is 2.00. The molecular weight excluding hydrogens is 226 g/mol. The average Bonchev–Trinajstić information content (AvgIpc) is 2.28. The Labute approximate surface area is 109 Å². The molecular formula is C14H23N3O. The van der Waals surface area contributed by atoms with Gasteiger partial charge in [0, 0.05) is 13.5 Å². The molecule has 18 heavy (non-hydrogen) atoms. The second-order valence-electron chi connectivity index (χ2n) is 4.92. The van der Waals surface area contributed by atoms with Crippen LogP contribution in [-0.2, 0) is 0 Å². The van der Waals surface area contributed by atoms with Gasteiger partial charge in [-0.3, -0.25) is 14.4 Å². The van der Waals surface area contributed by atoms with Gasteiger partial charge in [-0.25, -0.2) is 0 Å². The number of hydrogen-bond donors (Lipinski definition) is 1. The summed E-state index contributed by atoms with van der Waals surface area (Å²) in [6, 6.07) is 5.36. The van der Waals surface area contributed by atoms with E-state index in [0.717, 1.165) is 13.0 Å². The summed E-state index contributed by atoms with van der Waals surface area (Å²) in [6.45, 7) is 8.78. The molecule has 0 saturated heterocycles. The molecule has 2 N–H and O–H groups in total. The summed E-state index contributed by atoms with van der Waals surface area (Å²) >= 11 is 0. The molecule has 0 bridgehead atoms. The molecule has 1 heterocycles. The van der Waals surface area contributed by atoms with Gasteiger partial charge < -0.3 is 5.73 Å². The first kappa shape index (κ1) is 14.5. The van der Waals surface area contributed by atoms with Crippen molar-refractivity contribution in [3.63, 3.8) is 0 Å². The normalized spacial score (nSPS) is 13.9. The van der Waals surface area contributed by atoms with E-state index in [2.05, 4.69) is 25.8 Å². The van der Waals surface area contributed by atoms with Crippen molar-refractivity contribution >= 4 is 11.7 Å². The van der Waals surface area contributed by atoms with Crippen LogP contribution in [0.2, 0.25) is 0 Å². The highest BCUT2D eigenvalue weighted by Gasteiger charge is 2.10. The van der Waals surface area contributed by atoms with Gasteiger partial charge in [0.25, 0.3) is 0 Å². The molecule has 0 amide bonds. The molecule has 0 saturated carbocycles. The zero-order chi connectivity index (χ0) is 13.7. The van der Waals surface area contributed by atoms with E-state index in [0.29, 0.717) is 23.1 Å². The van der Waals surface area contributed by atoms with Crippen molar-refractivity contribution in [2.24, 2.45) is 16.8 Å². The van der Waals surface area contributed by atoms with E-state index < -0.39 is 0 Å². The first-order valence-corrected chi connectivity index (χ1v) is 6.46. The molecule has 0 aromatic carbocycles. The Balaban J connectivity index is 3.09. The van der Waals surface area contributed by atoms with Crippen molar-refractivity contribution in [3.8, 4) is 0 Å². The maximum Gasteiger partial charge on any atom is 0.230 e. The second-order valence-corrected chi connectivity index (χ2v) is 4.92. The van der Waals surface area contributed by atoms with E-state index in [1.807, 2.05) is 12.1 Å². The minimum absolute atomic E-state index is 0.107. The summed E-state index contributed by atoms with van der Waals surface area (Å²) in [7, 11) is 0. The number of carbonyl (C=O) groups excluding carboxylic acids is 1. The molecule has 4 nitrogen and oxygen atoms in total. The molecule has 1 rings (SSSR count). The van der Waals surface area contributed by atoms with E-state index in [9.17, 15) is 4.79 Å². The molecule has 0 aliphatic heterocycles. The third-order valence-electron chi connectivity index (χ3n) is 3.27. The number of aromatic nitrogens is 1. The van der Waals surface area contributed by atoms with Crippen LogP contribution >= 0.6 is 0 Å². The zero-order valence-corrected chi connectivity index (χ0v) is 11.7. The smallest absolute Gasteiger partial charge is 0.230 e. The molecule has 1 aromatic rings. The Bertz CT molecular complexity index is 474. The minimum Gasteiger partial charge on any atom is -0.385 e. The third kappa shape index (κ3) is 3.45. The fourth-order valence-electron chi connectivity index (χ4n) is 2.00. The van der Waals surface area contributed by atoms with Crippen LogP contribution in [0.1, 0.15) is 38.9 Å². The third-order valence-corrected chi connectivity index (χ3v) is 3.27. The Kier molecular flexibility index (Phi) is 5.13. The number of nitrogens with zero attached hydrogens (tertiary/aromatic N) is 2. The maximum atomic E-state index is 11.6. The van der Waals surface area contributed by atoms with E-state index in [1.54, 1.807) is 6.07 Å². The van der Waals surface area contributed by atoms with Crippen molar-refractivity contribution in [3.05, 3.63) is 23.7 Å². The zero-order valence-electron chi connectivity index (χ0n) is 11.7. The van der Waals surface area contributed by atoms with Crippen LogP contribution in [0.25, 0.3) is 0 Å². The standard InChI is InChI=1S/C14H23N3O/c1-5-12(10(2)3)9-16-14-8-6-7-13(15)17(14)11(4)18/h6-8,10,12H,5,9,15H2,1-4H3. The number of rotatable bonds is 4. The number of nitrogens with two attached hydrogens (primary N) is 1. The fraction of sp³-hybridized carbons (Fsp3) is 0.571. The van der Waals surface area contributed by atoms with Crippen molar-refractivity contribution in [1.82, 2.24) is 4.57 Å². The number of anilines is 1. The van der Waals surface area contributed by atoms with Gasteiger partial charge in [0.05, 0.1) is 0 Å². The van der Waals surface area contributed by atoms with Crippen LogP contribution in [0.3, 0.4) is 0 Å². The minimum atomic E-state index is -0.107. The molecule has 4 heteroatoms. The SMILES string of the molecule is CCC(CN=c1cccc(N)n1C(C)=O)C(C)C. The van der Waals surface area contributed by atoms with Gasteiger partial charge in [0.2, 0.25) is 5.91 Å². The largest absolute Gasteiger partial charge is 0.385 e. The van der Waals surface area contributed by atoms with Crippen molar-refractivity contribution < 1.29 is 4.79 Å². The highest BCUT2D eigenvalue weighted by Crippen LogP contribution is 2.14. The highest BCUT2D eigenvalue weighted by molar-refractivity contribution is 5.79. The van der Waals surface area contributed by atoms with Crippen LogP contribution < -0.4 is 11.2 Å². The molecule has 0 fully saturated rings. The van der Waals surface area contributed by atoms with E-state index >= 15 is 0 Å². The lowest BCUT2D eigenvalue weighted by Crippen LogP contribution is -2.28. The Morgan fingerprint density at radius 2 is 2.11 bits per heavy atom. The summed E-state index contributed by atoms with van der Waals surface area (Å²) in [5.41, 5.74) is 6.44. The topological polar surface area (TPSA) is 60.4 Å². The first-order valence-electron chi connectivity index (χ1n) is 6.46. The van der Waals surface area contributed by atoms with Gasteiger partial charge >= 0.3 is 0 Å². The van der Waals surface area contributed by atoms with Crippen molar-refractivity contribution in [2.45, 2.75) is 34.1 Å². The summed E-state index contributed by atoms with van der Waals surface area (Å²) in [6.07, 6.45) is 1.09. The van der Waals surface area contributed by atoms with Gasteiger partial charge in [-0.2, -0.15) is 0 Å². The number of pyridine rings is 1. The van der Waals surface area contributed by atoms with E-state index in [4.69, 9.17) is 5.73 Å². The van der Waals surface area contributed by atoms with Gasteiger partial charge in [-0.15, -0.1) is 0 Å². The number of carbonyl (C=O) groups is 1. The molecule has 0 spiro atoms. The van der Waals surface area contributed by atoms with Crippen LogP contribution in [0.5, 0.6) is 0 Å². The number of hydrogen-bond acceptors (Lipinski definition) is 3. The molecule has 0 aliphatic rings. The molecule has 0 radical (unpaired) electrons. The van der Waals surface area contributed by atoms with Gasteiger partial charge in [-0.1, -0.05) is 33.3 Å². The van der Waals surface area contributed by atoms with Crippen LogP contribution in [-0.4, -0.2) is 17.0 Å². The van der Waals surface area contributed by atoms with Gasteiger partial charge in [-0.05, 0) is 24.0 Å². The first-order chi connectivity index (χ1) is 8.47. The highest BCUT2D eigenvalue weighted by atomic mass is 16.1. The predicted octanol–water partition coefficient (Wildman–Crippen LogP) is 2.31. The molecule has 1 aromatic heterocycles. The monoisotopic (exact) mass is 249 g/mol. The Hall–Kier alpha value is -1.58. The van der Waals surface area contributed by atoms with Gasteiger partial charge in [0.1, 0.15) is 11.3 Å². The molecule has 1 atom stereocenters. The molecule has 100 valence electrons. The van der Waals surface area contributed by atoms with Crippen molar-refractivity contribution in [1.29, 1.82) is 0 Å². The van der Waals surface area contributed by atoms with Crippen LogP contribution in [0.4, 0.5) is 5.82 Å². The van der Waals surface area contributed by atoms with Crippen LogP contribution in [0, 0.1) is 11.8 Å².